The van der Waals surface area contributed by atoms with E-state index in [1.165, 1.54) is 0 Å². The van der Waals surface area contributed by atoms with Crippen LogP contribution in [0.15, 0.2) is 48.5 Å². The predicted octanol–water partition coefficient (Wildman–Crippen LogP) is 4.21. The number of hydrogen-bond donors (Lipinski definition) is 1. The van der Waals surface area contributed by atoms with Gasteiger partial charge in [0, 0.05) is 18.1 Å². The highest BCUT2D eigenvalue weighted by Crippen LogP contribution is 2.21. The number of halogens is 1. The van der Waals surface area contributed by atoms with E-state index in [1.807, 2.05) is 42.5 Å². The van der Waals surface area contributed by atoms with Crippen LogP contribution in [0.4, 0.5) is 5.95 Å². The highest BCUT2D eigenvalue weighted by molar-refractivity contribution is 6.31. The standard InChI is InChI=1S/C21H25ClN4O/c1-3-25(4-2)13-14-26-19-12-8-7-11-18(19)23-21(26)24-20(27)15-16-9-5-6-10-17(16)22/h5-12H,3-4,13-15H2,1-2H3,(H,23,24,27). The molecule has 142 valence electrons. The molecular formula is C21H25ClN4O. The maximum atomic E-state index is 12.6. The van der Waals surface area contributed by atoms with Crippen LogP contribution in [0.1, 0.15) is 19.4 Å². The molecule has 1 aromatic heterocycles. The average Bonchev–Trinajstić information content (AvgIpc) is 3.01. The fourth-order valence-corrected chi connectivity index (χ4v) is 3.36. The van der Waals surface area contributed by atoms with Gasteiger partial charge in [0.25, 0.3) is 0 Å². The van der Waals surface area contributed by atoms with Gasteiger partial charge in [0.1, 0.15) is 0 Å². The first kappa shape index (κ1) is 19.4. The third-order valence-electron chi connectivity index (χ3n) is 4.75. The van der Waals surface area contributed by atoms with E-state index >= 15 is 0 Å². The number of fused-ring (bicyclic) bond motifs is 1. The molecule has 3 rings (SSSR count). The Labute approximate surface area is 165 Å². The molecule has 0 unspecified atom stereocenters. The fraction of sp³-hybridized carbons (Fsp3) is 0.333. The lowest BCUT2D eigenvalue weighted by molar-refractivity contribution is -0.115. The van der Waals surface area contributed by atoms with Gasteiger partial charge in [0.2, 0.25) is 11.9 Å². The maximum Gasteiger partial charge on any atom is 0.231 e. The Morgan fingerprint density at radius 1 is 1.11 bits per heavy atom. The van der Waals surface area contributed by atoms with E-state index in [0.29, 0.717) is 11.0 Å². The SMILES string of the molecule is CCN(CC)CCn1c(NC(=O)Cc2ccccc2Cl)nc2ccccc21. The molecule has 0 atom stereocenters. The highest BCUT2D eigenvalue weighted by atomic mass is 35.5. The van der Waals surface area contributed by atoms with Crippen molar-refractivity contribution in [2.45, 2.75) is 26.8 Å². The molecule has 0 saturated heterocycles. The Balaban J connectivity index is 1.81. The molecule has 27 heavy (non-hydrogen) atoms. The second-order valence-electron chi connectivity index (χ2n) is 6.42. The molecular weight excluding hydrogens is 360 g/mol. The molecule has 0 spiro atoms. The van der Waals surface area contributed by atoms with Gasteiger partial charge in [-0.1, -0.05) is 55.8 Å². The first-order valence-electron chi connectivity index (χ1n) is 9.33. The molecule has 1 amide bonds. The number of benzene rings is 2. The van der Waals surface area contributed by atoms with Crippen LogP contribution < -0.4 is 5.32 Å². The lowest BCUT2D eigenvalue weighted by Gasteiger charge is -2.19. The summed E-state index contributed by atoms with van der Waals surface area (Å²) in [5, 5.41) is 3.57. The van der Waals surface area contributed by atoms with Crippen LogP contribution in [0, 0.1) is 0 Å². The number of aromatic nitrogens is 2. The number of amides is 1. The second-order valence-corrected chi connectivity index (χ2v) is 6.83. The summed E-state index contributed by atoms with van der Waals surface area (Å²) in [7, 11) is 0. The monoisotopic (exact) mass is 384 g/mol. The molecule has 1 heterocycles. The maximum absolute atomic E-state index is 12.6. The number of imidazole rings is 1. The van der Waals surface area contributed by atoms with Crippen LogP contribution in [0.5, 0.6) is 0 Å². The number of para-hydroxylation sites is 2. The fourth-order valence-electron chi connectivity index (χ4n) is 3.16. The van der Waals surface area contributed by atoms with Crippen molar-refractivity contribution < 1.29 is 4.79 Å². The van der Waals surface area contributed by atoms with Crippen molar-refractivity contribution in [2.24, 2.45) is 0 Å². The van der Waals surface area contributed by atoms with E-state index in [1.54, 1.807) is 6.07 Å². The molecule has 6 heteroatoms. The molecule has 0 bridgehead atoms. The normalized spacial score (nSPS) is 11.3. The van der Waals surface area contributed by atoms with E-state index in [4.69, 9.17) is 11.6 Å². The summed E-state index contributed by atoms with van der Waals surface area (Å²) in [4.78, 5) is 19.6. The number of rotatable bonds is 8. The summed E-state index contributed by atoms with van der Waals surface area (Å²) in [6.45, 7) is 7.98. The van der Waals surface area contributed by atoms with Crippen molar-refractivity contribution in [1.82, 2.24) is 14.5 Å². The summed E-state index contributed by atoms with van der Waals surface area (Å²) < 4.78 is 2.08. The van der Waals surface area contributed by atoms with Crippen molar-refractivity contribution >= 4 is 34.5 Å². The van der Waals surface area contributed by atoms with Crippen LogP contribution in [-0.4, -0.2) is 40.0 Å². The number of hydrogen-bond acceptors (Lipinski definition) is 3. The van der Waals surface area contributed by atoms with Crippen molar-refractivity contribution in [2.75, 3.05) is 25.0 Å². The second kappa shape index (κ2) is 9.02. The minimum absolute atomic E-state index is 0.123. The Hall–Kier alpha value is -2.37. The third-order valence-corrected chi connectivity index (χ3v) is 5.12. The molecule has 5 nitrogen and oxygen atoms in total. The van der Waals surface area contributed by atoms with E-state index < -0.39 is 0 Å². The zero-order chi connectivity index (χ0) is 19.2. The van der Waals surface area contributed by atoms with Crippen LogP contribution in [-0.2, 0) is 17.8 Å². The summed E-state index contributed by atoms with van der Waals surface area (Å²) in [6, 6.07) is 15.4. The number of carbonyl (C=O) groups is 1. The topological polar surface area (TPSA) is 50.2 Å². The quantitative estimate of drug-likeness (QED) is 0.632. The molecule has 3 aromatic rings. The van der Waals surface area contributed by atoms with Gasteiger partial charge in [-0.15, -0.1) is 0 Å². The smallest absolute Gasteiger partial charge is 0.231 e. The van der Waals surface area contributed by atoms with E-state index in [-0.39, 0.29) is 12.3 Å². The first-order chi connectivity index (χ1) is 13.1. The molecule has 2 aromatic carbocycles. The van der Waals surface area contributed by atoms with E-state index in [2.05, 4.69) is 33.6 Å². The molecule has 0 aliphatic rings. The molecule has 0 saturated carbocycles. The van der Waals surface area contributed by atoms with E-state index in [0.717, 1.165) is 42.8 Å². The molecule has 0 radical (unpaired) electrons. The Morgan fingerprint density at radius 2 is 1.81 bits per heavy atom. The minimum Gasteiger partial charge on any atom is -0.309 e. The van der Waals surface area contributed by atoms with Gasteiger partial charge in [-0.05, 0) is 36.9 Å². The van der Waals surface area contributed by atoms with Crippen molar-refractivity contribution in [3.05, 3.63) is 59.1 Å². The van der Waals surface area contributed by atoms with Gasteiger partial charge in [0.15, 0.2) is 0 Å². The van der Waals surface area contributed by atoms with Gasteiger partial charge < -0.3 is 9.47 Å². The molecule has 0 aliphatic carbocycles. The number of nitrogens with one attached hydrogen (secondary N) is 1. The molecule has 1 N–H and O–H groups in total. The average molecular weight is 385 g/mol. The van der Waals surface area contributed by atoms with Crippen LogP contribution >= 0.6 is 11.6 Å². The number of carbonyl (C=O) groups excluding carboxylic acids is 1. The first-order valence-corrected chi connectivity index (χ1v) is 9.71. The Bertz CT molecular complexity index is 917. The van der Waals surface area contributed by atoms with Crippen LogP contribution in [0.3, 0.4) is 0 Å². The van der Waals surface area contributed by atoms with Crippen LogP contribution in [0.25, 0.3) is 11.0 Å². The van der Waals surface area contributed by atoms with E-state index in [9.17, 15) is 4.79 Å². The Kier molecular flexibility index (Phi) is 6.48. The van der Waals surface area contributed by atoms with Crippen molar-refractivity contribution in [1.29, 1.82) is 0 Å². The predicted molar refractivity (Wildman–Crippen MR) is 111 cm³/mol. The Morgan fingerprint density at radius 3 is 2.56 bits per heavy atom. The lowest BCUT2D eigenvalue weighted by atomic mass is 10.1. The third kappa shape index (κ3) is 4.67. The highest BCUT2D eigenvalue weighted by Gasteiger charge is 2.15. The van der Waals surface area contributed by atoms with Crippen molar-refractivity contribution in [3.8, 4) is 0 Å². The van der Waals surface area contributed by atoms with Crippen molar-refractivity contribution in [3.63, 3.8) is 0 Å². The van der Waals surface area contributed by atoms with Gasteiger partial charge in [-0.2, -0.15) is 0 Å². The number of anilines is 1. The summed E-state index contributed by atoms with van der Waals surface area (Å²) in [6.07, 6.45) is 0.221. The summed E-state index contributed by atoms with van der Waals surface area (Å²) >= 11 is 6.18. The lowest BCUT2D eigenvalue weighted by Crippen LogP contribution is -2.28. The van der Waals surface area contributed by atoms with Gasteiger partial charge in [-0.3, -0.25) is 10.1 Å². The zero-order valence-electron chi connectivity index (χ0n) is 15.8. The summed E-state index contributed by atoms with van der Waals surface area (Å²) in [5.41, 5.74) is 2.71. The van der Waals surface area contributed by atoms with Crippen LogP contribution in [0.2, 0.25) is 5.02 Å². The minimum atomic E-state index is -0.123. The van der Waals surface area contributed by atoms with Gasteiger partial charge >= 0.3 is 0 Å². The zero-order valence-corrected chi connectivity index (χ0v) is 16.5. The number of nitrogens with zero attached hydrogens (tertiary/aromatic N) is 3. The number of likely N-dealkylation sites (N-methyl/N-ethyl adjacent to an activating group) is 1. The van der Waals surface area contributed by atoms with Gasteiger partial charge in [-0.25, -0.2) is 4.98 Å². The summed E-state index contributed by atoms with van der Waals surface area (Å²) in [5.74, 6) is 0.461. The molecule has 0 aliphatic heterocycles. The largest absolute Gasteiger partial charge is 0.309 e. The molecule has 0 fully saturated rings. The van der Waals surface area contributed by atoms with Gasteiger partial charge in [0.05, 0.1) is 17.5 Å².